The number of ether oxygens (including phenoxy) is 2. The number of pyridine rings is 1. The van der Waals surface area contributed by atoms with E-state index >= 15 is 0 Å². The molecule has 1 amide bonds. The molecule has 30 heavy (non-hydrogen) atoms. The number of nitrogens with one attached hydrogen (secondary N) is 1. The Bertz CT molecular complexity index is 728. The Morgan fingerprint density at radius 2 is 2.03 bits per heavy atom. The zero-order valence-corrected chi connectivity index (χ0v) is 16.8. The Balaban J connectivity index is 1.44. The van der Waals surface area contributed by atoms with Crippen LogP contribution in [0.4, 0.5) is 13.2 Å². The number of piperazine rings is 1. The predicted molar refractivity (Wildman–Crippen MR) is 103 cm³/mol. The third-order valence-corrected chi connectivity index (χ3v) is 4.94. The standard InChI is InChI=1S/C19H26F3N5O3/c1-23-18(25-12-14-4-5-16(24-11-14)30-13-19(20,21)22)27-8-6-26(7-9-27)17(28)15-3-2-10-29-15/h4-5,11,15H,2-3,6-10,12-13H2,1H3,(H,23,25). The normalized spacial score (nSPS) is 20.4. The van der Waals surface area contributed by atoms with Gasteiger partial charge in [0.1, 0.15) is 6.10 Å². The first kappa shape index (κ1) is 22.1. The zero-order chi connectivity index (χ0) is 21.6. The van der Waals surface area contributed by atoms with Crippen molar-refractivity contribution < 1.29 is 27.4 Å². The van der Waals surface area contributed by atoms with Gasteiger partial charge < -0.3 is 24.6 Å². The molecular formula is C19H26F3N5O3. The van der Waals surface area contributed by atoms with Crippen LogP contribution < -0.4 is 10.1 Å². The second kappa shape index (κ2) is 9.96. The molecule has 0 radical (unpaired) electrons. The molecule has 1 N–H and O–H groups in total. The van der Waals surface area contributed by atoms with E-state index in [1.165, 1.54) is 12.3 Å². The molecule has 3 rings (SSSR count). The average Bonchev–Trinajstić information content (AvgIpc) is 3.28. The van der Waals surface area contributed by atoms with Crippen molar-refractivity contribution in [3.8, 4) is 5.88 Å². The number of carbonyl (C=O) groups excluding carboxylic acids is 1. The quantitative estimate of drug-likeness (QED) is 0.564. The Kier molecular flexibility index (Phi) is 7.35. The molecule has 1 aromatic rings. The molecule has 0 spiro atoms. The van der Waals surface area contributed by atoms with Crippen molar-refractivity contribution in [1.29, 1.82) is 0 Å². The maximum absolute atomic E-state index is 12.4. The maximum atomic E-state index is 12.4. The number of carbonyl (C=O) groups is 1. The first-order valence-corrected chi connectivity index (χ1v) is 9.86. The van der Waals surface area contributed by atoms with Gasteiger partial charge in [-0.2, -0.15) is 13.2 Å². The fraction of sp³-hybridized carbons (Fsp3) is 0.632. The minimum atomic E-state index is -4.40. The van der Waals surface area contributed by atoms with E-state index in [1.54, 1.807) is 13.1 Å². The fourth-order valence-electron chi connectivity index (χ4n) is 3.38. The van der Waals surface area contributed by atoms with E-state index in [9.17, 15) is 18.0 Å². The molecule has 2 aliphatic heterocycles. The number of rotatable bonds is 5. The number of nitrogens with zero attached hydrogens (tertiary/aromatic N) is 4. The zero-order valence-electron chi connectivity index (χ0n) is 16.8. The first-order valence-electron chi connectivity index (χ1n) is 9.86. The van der Waals surface area contributed by atoms with Crippen molar-refractivity contribution in [3.63, 3.8) is 0 Å². The molecule has 2 aliphatic rings. The van der Waals surface area contributed by atoms with E-state index in [0.29, 0.717) is 45.3 Å². The molecule has 0 aliphatic carbocycles. The van der Waals surface area contributed by atoms with Gasteiger partial charge in [-0.05, 0) is 18.4 Å². The SMILES string of the molecule is CN=C(NCc1ccc(OCC(F)(F)F)nc1)N1CCN(C(=O)C2CCCO2)CC1. The number of halogens is 3. The van der Waals surface area contributed by atoms with Crippen LogP contribution in [-0.2, 0) is 16.1 Å². The lowest BCUT2D eigenvalue weighted by atomic mass is 10.2. The van der Waals surface area contributed by atoms with Crippen LogP contribution in [-0.4, -0.2) is 85.4 Å². The highest BCUT2D eigenvalue weighted by molar-refractivity contribution is 5.82. The summed E-state index contributed by atoms with van der Waals surface area (Å²) in [7, 11) is 1.68. The van der Waals surface area contributed by atoms with Gasteiger partial charge in [-0.3, -0.25) is 9.79 Å². The van der Waals surface area contributed by atoms with Crippen LogP contribution >= 0.6 is 0 Å². The number of alkyl halides is 3. The van der Waals surface area contributed by atoms with Gasteiger partial charge in [-0.15, -0.1) is 0 Å². The minimum Gasteiger partial charge on any atom is -0.468 e. The molecule has 1 aromatic heterocycles. The van der Waals surface area contributed by atoms with Gasteiger partial charge in [-0.25, -0.2) is 4.98 Å². The van der Waals surface area contributed by atoms with Crippen LogP contribution in [0.1, 0.15) is 18.4 Å². The predicted octanol–water partition coefficient (Wildman–Crippen LogP) is 1.42. The van der Waals surface area contributed by atoms with E-state index < -0.39 is 12.8 Å². The van der Waals surface area contributed by atoms with Crippen LogP contribution in [0.5, 0.6) is 5.88 Å². The van der Waals surface area contributed by atoms with Gasteiger partial charge in [0.15, 0.2) is 12.6 Å². The van der Waals surface area contributed by atoms with Gasteiger partial charge in [0.05, 0.1) is 0 Å². The number of aromatic nitrogens is 1. The van der Waals surface area contributed by atoms with Crippen LogP contribution in [0.15, 0.2) is 23.3 Å². The van der Waals surface area contributed by atoms with Crippen LogP contribution in [0, 0.1) is 0 Å². The van der Waals surface area contributed by atoms with E-state index in [1.807, 2.05) is 4.90 Å². The topological polar surface area (TPSA) is 79.3 Å². The van der Waals surface area contributed by atoms with E-state index in [4.69, 9.17) is 4.74 Å². The minimum absolute atomic E-state index is 0.0639. The maximum Gasteiger partial charge on any atom is 0.422 e. The summed E-state index contributed by atoms with van der Waals surface area (Å²) in [5.41, 5.74) is 0.780. The second-order valence-corrected chi connectivity index (χ2v) is 7.12. The molecule has 1 unspecified atom stereocenters. The summed E-state index contributed by atoms with van der Waals surface area (Å²) in [5, 5.41) is 3.22. The fourth-order valence-corrected chi connectivity index (χ4v) is 3.38. The van der Waals surface area contributed by atoms with Gasteiger partial charge in [-0.1, -0.05) is 6.07 Å². The Morgan fingerprint density at radius 3 is 2.60 bits per heavy atom. The van der Waals surface area contributed by atoms with Crippen molar-refractivity contribution in [2.75, 3.05) is 46.4 Å². The molecule has 0 saturated carbocycles. The third-order valence-electron chi connectivity index (χ3n) is 4.94. The largest absolute Gasteiger partial charge is 0.468 e. The molecule has 11 heteroatoms. The van der Waals surface area contributed by atoms with Crippen molar-refractivity contribution in [2.45, 2.75) is 31.7 Å². The monoisotopic (exact) mass is 429 g/mol. The summed E-state index contributed by atoms with van der Waals surface area (Å²) in [6.07, 6.45) is -1.52. The molecule has 8 nitrogen and oxygen atoms in total. The highest BCUT2D eigenvalue weighted by Crippen LogP contribution is 2.18. The Labute approximate surface area is 173 Å². The summed E-state index contributed by atoms with van der Waals surface area (Å²) in [4.78, 5) is 24.5. The molecule has 166 valence electrons. The summed E-state index contributed by atoms with van der Waals surface area (Å²) >= 11 is 0. The number of hydrogen-bond acceptors (Lipinski definition) is 5. The highest BCUT2D eigenvalue weighted by Gasteiger charge is 2.31. The average molecular weight is 429 g/mol. The van der Waals surface area contributed by atoms with Crippen molar-refractivity contribution >= 4 is 11.9 Å². The van der Waals surface area contributed by atoms with Crippen molar-refractivity contribution in [1.82, 2.24) is 20.1 Å². The number of aliphatic imine (C=N–C) groups is 1. The molecule has 0 aromatic carbocycles. The smallest absolute Gasteiger partial charge is 0.422 e. The molecule has 3 heterocycles. The van der Waals surface area contributed by atoms with E-state index in [2.05, 4.69) is 24.9 Å². The number of amides is 1. The van der Waals surface area contributed by atoms with Crippen molar-refractivity contribution in [2.24, 2.45) is 4.99 Å². The van der Waals surface area contributed by atoms with E-state index in [0.717, 1.165) is 18.4 Å². The van der Waals surface area contributed by atoms with Gasteiger partial charge >= 0.3 is 6.18 Å². The molecular weight excluding hydrogens is 403 g/mol. The lowest BCUT2D eigenvalue weighted by Gasteiger charge is -2.37. The second-order valence-electron chi connectivity index (χ2n) is 7.12. The van der Waals surface area contributed by atoms with Crippen molar-refractivity contribution in [3.05, 3.63) is 23.9 Å². The molecule has 2 fully saturated rings. The summed E-state index contributed by atoms with van der Waals surface area (Å²) in [6.45, 7) is 2.21. The molecule has 0 bridgehead atoms. The molecule has 2 saturated heterocycles. The lowest BCUT2D eigenvalue weighted by molar-refractivity contribution is -0.154. The van der Waals surface area contributed by atoms with Gasteiger partial charge in [0.2, 0.25) is 5.88 Å². The Morgan fingerprint density at radius 1 is 1.30 bits per heavy atom. The van der Waals surface area contributed by atoms with Crippen LogP contribution in [0.3, 0.4) is 0 Å². The number of guanidine groups is 1. The molecule has 1 atom stereocenters. The lowest BCUT2D eigenvalue weighted by Crippen LogP contribution is -2.55. The third kappa shape index (κ3) is 6.22. The highest BCUT2D eigenvalue weighted by atomic mass is 19.4. The van der Waals surface area contributed by atoms with Crippen LogP contribution in [0.2, 0.25) is 0 Å². The summed E-state index contributed by atoms with van der Waals surface area (Å²) in [5.74, 6) is 0.679. The van der Waals surface area contributed by atoms with E-state index in [-0.39, 0.29) is 17.9 Å². The van der Waals surface area contributed by atoms with Crippen LogP contribution in [0.25, 0.3) is 0 Å². The summed E-state index contributed by atoms with van der Waals surface area (Å²) < 4.78 is 46.6. The number of hydrogen-bond donors (Lipinski definition) is 1. The Hall–Kier alpha value is -2.56. The summed E-state index contributed by atoms with van der Waals surface area (Å²) in [6, 6.07) is 3.05. The van der Waals surface area contributed by atoms with Gasteiger partial charge in [0, 0.05) is 58.6 Å². The first-order chi connectivity index (χ1) is 14.4. The van der Waals surface area contributed by atoms with Gasteiger partial charge in [0.25, 0.3) is 5.91 Å².